The molecule has 0 aliphatic carbocycles. The van der Waals surface area contributed by atoms with E-state index in [4.69, 9.17) is 22.1 Å². The molecule has 2 atom stereocenters. The first kappa shape index (κ1) is 25.4. The first-order valence-electron chi connectivity index (χ1n) is 11.7. The van der Waals surface area contributed by atoms with Crippen molar-refractivity contribution in [1.29, 1.82) is 0 Å². The number of primary amides is 1. The third-order valence-electron chi connectivity index (χ3n) is 6.06. The zero-order chi connectivity index (χ0) is 26.0. The van der Waals surface area contributed by atoms with Gasteiger partial charge in [-0.2, -0.15) is 5.10 Å². The maximum absolute atomic E-state index is 12.3. The van der Waals surface area contributed by atoms with Crippen molar-refractivity contribution in [3.8, 4) is 5.75 Å². The first-order chi connectivity index (χ1) is 17.2. The quantitative estimate of drug-likeness (QED) is 0.294. The van der Waals surface area contributed by atoms with Crippen molar-refractivity contribution in [3.05, 3.63) is 64.2 Å². The van der Waals surface area contributed by atoms with E-state index in [1.807, 2.05) is 45.0 Å². The van der Waals surface area contributed by atoms with Gasteiger partial charge in [-0.25, -0.2) is 0 Å². The van der Waals surface area contributed by atoms with Crippen molar-refractivity contribution in [2.75, 3.05) is 28.6 Å². The minimum atomic E-state index is -0.638. The molecule has 1 aromatic heterocycles. The summed E-state index contributed by atoms with van der Waals surface area (Å²) in [5, 5.41) is 24.1. The largest absolute Gasteiger partial charge is 0.507 e. The van der Waals surface area contributed by atoms with Crippen LogP contribution in [0.2, 0.25) is 5.02 Å². The topological polar surface area (TPSA) is 129 Å². The number of ether oxygens (including phenoxy) is 1. The van der Waals surface area contributed by atoms with Crippen LogP contribution in [0, 0.1) is 6.92 Å². The van der Waals surface area contributed by atoms with Crippen molar-refractivity contribution >= 4 is 46.6 Å². The summed E-state index contributed by atoms with van der Waals surface area (Å²) in [6.07, 6.45) is 1.82. The lowest BCUT2D eigenvalue weighted by Crippen LogP contribution is -2.45. The molecule has 1 aliphatic heterocycles. The Hall–Kier alpha value is -3.69. The summed E-state index contributed by atoms with van der Waals surface area (Å²) in [6, 6.07) is 9.30. The third kappa shape index (κ3) is 5.42. The number of amides is 1. The smallest absolute Gasteiger partial charge is 0.256 e. The number of carbonyl (C=O) groups excluding carboxylic acids is 1. The number of carbonyl (C=O) groups is 1. The number of anilines is 4. The summed E-state index contributed by atoms with van der Waals surface area (Å²) in [5.74, 6) is 0.229. The predicted octanol–water partition coefficient (Wildman–Crippen LogP) is 4.79. The molecule has 2 aromatic carbocycles. The SMILES string of the molecule is C=Cc1cc(CNc2n[nH]c(Nc3ccc(N4C[C@@H](C)O[C@@H](C)C4)c(Cl)c3)c2C(N)=O)cc(C)c1O. The molecule has 0 spiro atoms. The maximum atomic E-state index is 12.3. The van der Waals surface area contributed by atoms with E-state index in [-0.39, 0.29) is 23.5 Å². The molecular formula is C26H31ClN6O3. The molecule has 2 heterocycles. The molecule has 9 nitrogen and oxygen atoms in total. The van der Waals surface area contributed by atoms with Crippen LogP contribution in [0.25, 0.3) is 6.08 Å². The Morgan fingerprint density at radius 1 is 1.33 bits per heavy atom. The van der Waals surface area contributed by atoms with Gasteiger partial charge in [-0.05, 0) is 56.2 Å². The second-order valence-corrected chi connectivity index (χ2v) is 9.46. The Morgan fingerprint density at radius 3 is 2.69 bits per heavy atom. The van der Waals surface area contributed by atoms with E-state index in [1.165, 1.54) is 0 Å². The number of nitrogens with one attached hydrogen (secondary N) is 3. The van der Waals surface area contributed by atoms with Crippen molar-refractivity contribution in [2.45, 2.75) is 39.5 Å². The number of aromatic hydroxyl groups is 1. The lowest BCUT2D eigenvalue weighted by atomic mass is 10.0. The summed E-state index contributed by atoms with van der Waals surface area (Å²) in [5.41, 5.74) is 9.74. The number of aromatic nitrogens is 2. The Balaban J connectivity index is 1.51. The average Bonchev–Trinajstić information content (AvgIpc) is 3.21. The van der Waals surface area contributed by atoms with Crippen molar-refractivity contribution in [2.24, 2.45) is 5.73 Å². The molecule has 0 radical (unpaired) electrons. The van der Waals surface area contributed by atoms with Gasteiger partial charge in [0.1, 0.15) is 17.1 Å². The monoisotopic (exact) mass is 510 g/mol. The van der Waals surface area contributed by atoms with Crippen molar-refractivity contribution in [3.63, 3.8) is 0 Å². The second-order valence-electron chi connectivity index (χ2n) is 9.05. The minimum absolute atomic E-state index is 0.116. The van der Waals surface area contributed by atoms with Crippen LogP contribution in [0.4, 0.5) is 23.0 Å². The zero-order valence-electron chi connectivity index (χ0n) is 20.6. The molecule has 0 saturated carbocycles. The molecule has 1 aliphatic rings. The number of phenols is 1. The number of phenolic OH excluding ortho intramolecular Hbond substituents is 1. The molecule has 10 heteroatoms. The Labute approximate surface area is 215 Å². The van der Waals surface area contributed by atoms with Crippen LogP contribution in [0.15, 0.2) is 36.9 Å². The van der Waals surface area contributed by atoms with E-state index in [1.54, 1.807) is 12.1 Å². The highest BCUT2D eigenvalue weighted by Gasteiger charge is 2.24. The molecule has 3 aromatic rings. The number of H-pyrrole nitrogens is 1. The number of halogens is 1. The van der Waals surface area contributed by atoms with Crippen LogP contribution in [0.3, 0.4) is 0 Å². The van der Waals surface area contributed by atoms with Gasteiger partial charge >= 0.3 is 0 Å². The number of nitrogens with zero attached hydrogens (tertiary/aromatic N) is 2. The molecule has 1 saturated heterocycles. The van der Waals surface area contributed by atoms with Gasteiger partial charge in [0.05, 0.1) is 22.9 Å². The number of hydrogen-bond donors (Lipinski definition) is 5. The van der Waals surface area contributed by atoms with E-state index < -0.39 is 5.91 Å². The van der Waals surface area contributed by atoms with E-state index >= 15 is 0 Å². The highest BCUT2D eigenvalue weighted by molar-refractivity contribution is 6.33. The highest BCUT2D eigenvalue weighted by atomic mass is 35.5. The highest BCUT2D eigenvalue weighted by Crippen LogP contribution is 2.33. The van der Waals surface area contributed by atoms with Crippen LogP contribution in [0.5, 0.6) is 5.75 Å². The Morgan fingerprint density at radius 2 is 2.06 bits per heavy atom. The van der Waals surface area contributed by atoms with Gasteiger partial charge in [0.25, 0.3) is 5.91 Å². The molecular weight excluding hydrogens is 480 g/mol. The van der Waals surface area contributed by atoms with Gasteiger partial charge in [0, 0.05) is 30.9 Å². The normalized spacial score (nSPS) is 17.6. The first-order valence-corrected chi connectivity index (χ1v) is 12.1. The van der Waals surface area contributed by atoms with E-state index in [0.717, 1.165) is 29.9 Å². The van der Waals surface area contributed by atoms with Crippen LogP contribution in [-0.2, 0) is 11.3 Å². The maximum Gasteiger partial charge on any atom is 0.256 e. The lowest BCUT2D eigenvalue weighted by Gasteiger charge is -2.37. The summed E-state index contributed by atoms with van der Waals surface area (Å²) in [7, 11) is 0. The number of rotatable bonds is 8. The molecule has 0 bridgehead atoms. The number of morpholine rings is 1. The summed E-state index contributed by atoms with van der Waals surface area (Å²) in [6.45, 7) is 11.5. The van der Waals surface area contributed by atoms with Gasteiger partial charge in [-0.15, -0.1) is 0 Å². The number of aromatic amines is 1. The van der Waals surface area contributed by atoms with Crippen LogP contribution in [-0.4, -0.2) is 46.5 Å². The molecule has 36 heavy (non-hydrogen) atoms. The van der Waals surface area contributed by atoms with Gasteiger partial charge in [0.2, 0.25) is 0 Å². The minimum Gasteiger partial charge on any atom is -0.507 e. The predicted molar refractivity (Wildman–Crippen MR) is 144 cm³/mol. The van der Waals surface area contributed by atoms with Crippen molar-refractivity contribution in [1.82, 2.24) is 10.2 Å². The molecule has 1 fully saturated rings. The molecule has 190 valence electrons. The molecule has 6 N–H and O–H groups in total. The van der Waals surface area contributed by atoms with E-state index in [2.05, 4.69) is 32.3 Å². The second kappa shape index (κ2) is 10.5. The number of benzene rings is 2. The van der Waals surface area contributed by atoms with Crippen LogP contribution >= 0.6 is 11.6 Å². The standard InChI is InChI=1S/C26H31ClN6O3/c1-5-18-9-17(8-14(2)23(18)34)11-29-25-22(24(28)35)26(32-31-25)30-19-6-7-21(20(27)10-19)33-12-15(3)36-16(4)13-33/h5-10,15-16,34H,1,11-13H2,2-4H3,(H2,28,35)(H3,29,30,31,32)/t15-,16+. The number of nitrogens with two attached hydrogens (primary N) is 1. The molecule has 4 rings (SSSR count). The summed E-state index contributed by atoms with van der Waals surface area (Å²) >= 11 is 6.62. The van der Waals surface area contributed by atoms with E-state index in [9.17, 15) is 9.90 Å². The Kier molecular flexibility index (Phi) is 7.42. The van der Waals surface area contributed by atoms with Gasteiger partial charge in [0.15, 0.2) is 5.82 Å². The summed E-state index contributed by atoms with van der Waals surface area (Å²) in [4.78, 5) is 14.5. The van der Waals surface area contributed by atoms with Gasteiger partial charge < -0.3 is 31.1 Å². The lowest BCUT2D eigenvalue weighted by molar-refractivity contribution is -0.00521. The fourth-order valence-electron chi connectivity index (χ4n) is 4.49. The van der Waals surface area contributed by atoms with E-state index in [0.29, 0.717) is 34.5 Å². The molecule has 1 amide bonds. The zero-order valence-corrected chi connectivity index (χ0v) is 21.3. The fourth-order valence-corrected chi connectivity index (χ4v) is 4.79. The summed E-state index contributed by atoms with van der Waals surface area (Å²) < 4.78 is 5.82. The fraction of sp³-hybridized carbons (Fsp3) is 0.308. The molecule has 0 unspecified atom stereocenters. The Bertz CT molecular complexity index is 1280. The number of aryl methyl sites for hydroxylation is 1. The van der Waals surface area contributed by atoms with Crippen LogP contribution in [0.1, 0.15) is 40.9 Å². The van der Waals surface area contributed by atoms with Gasteiger partial charge in [-0.1, -0.05) is 30.3 Å². The average molecular weight is 511 g/mol. The third-order valence-corrected chi connectivity index (χ3v) is 6.36. The van der Waals surface area contributed by atoms with Crippen molar-refractivity contribution < 1.29 is 14.6 Å². The van der Waals surface area contributed by atoms with Crippen LogP contribution < -0.4 is 21.3 Å². The van der Waals surface area contributed by atoms with Gasteiger partial charge in [-0.3, -0.25) is 9.89 Å². The number of hydrogen-bond acceptors (Lipinski definition) is 7.